The highest BCUT2D eigenvalue weighted by Gasteiger charge is 2.80. The van der Waals surface area contributed by atoms with Crippen LogP contribution in [0.2, 0.25) is 0 Å². The number of aromatic nitrogens is 1. The third kappa shape index (κ3) is 7.12. The van der Waals surface area contributed by atoms with Crippen LogP contribution in [-0.2, 0) is 54.7 Å². The number of methoxy groups -OCH3 is 2. The summed E-state index contributed by atoms with van der Waals surface area (Å²) in [5.41, 5.74) is -2.19. The lowest BCUT2D eigenvalue weighted by Crippen LogP contribution is -2.81. The zero-order valence-corrected chi connectivity index (χ0v) is 41.8. The van der Waals surface area contributed by atoms with Crippen molar-refractivity contribution in [2.75, 3.05) is 84.8 Å². The minimum Gasteiger partial charge on any atom is -0.496 e. The molecule has 1 spiro atoms. The van der Waals surface area contributed by atoms with Crippen LogP contribution in [0.4, 0.5) is 5.69 Å². The Hall–Kier alpha value is -4.28. The van der Waals surface area contributed by atoms with Gasteiger partial charge in [-0.15, -0.1) is 0 Å². The van der Waals surface area contributed by atoms with Gasteiger partial charge in [0.25, 0.3) is 0 Å². The number of ether oxygens (including phenoxy) is 3. The summed E-state index contributed by atoms with van der Waals surface area (Å²) < 4.78 is 43.5. The van der Waals surface area contributed by atoms with E-state index in [1.807, 2.05) is 62.2 Å². The zero-order chi connectivity index (χ0) is 48.6. The van der Waals surface area contributed by atoms with E-state index in [1.165, 1.54) is 14.0 Å². The van der Waals surface area contributed by atoms with Crippen molar-refractivity contribution in [3.05, 3.63) is 70.9 Å². The van der Waals surface area contributed by atoms with Crippen molar-refractivity contribution in [2.24, 2.45) is 11.3 Å². The first kappa shape index (κ1) is 48.7. The summed E-state index contributed by atoms with van der Waals surface area (Å²) in [5, 5.41) is 30.0. The minimum atomic E-state index is -3.57. The molecule has 0 radical (unpaired) electrons. The third-order valence-electron chi connectivity index (χ3n) is 16.8. The average molecular weight is 960 g/mol. The van der Waals surface area contributed by atoms with Gasteiger partial charge in [0.05, 0.1) is 45.2 Å². The molecule has 6 heterocycles. The molecule has 3 aromatic rings. The molecule has 3 fully saturated rings. The van der Waals surface area contributed by atoms with E-state index in [4.69, 9.17) is 23.3 Å². The lowest BCUT2D eigenvalue weighted by Gasteiger charge is -2.63. The minimum absolute atomic E-state index is 0.0167. The van der Waals surface area contributed by atoms with Gasteiger partial charge in [0.1, 0.15) is 11.2 Å². The molecule has 1 unspecified atom stereocenters. The van der Waals surface area contributed by atoms with Crippen molar-refractivity contribution in [1.29, 1.82) is 0 Å². The lowest BCUT2D eigenvalue weighted by atomic mass is 9.47. The molecular formula is C51H70N5O11P. The number of aromatic amines is 1. The van der Waals surface area contributed by atoms with E-state index in [0.29, 0.717) is 87.5 Å². The summed E-state index contributed by atoms with van der Waals surface area (Å²) in [6, 6.07) is 10.8. The Morgan fingerprint density at radius 3 is 2.40 bits per heavy atom. The number of carbonyl (C=O) groups is 3. The van der Waals surface area contributed by atoms with Gasteiger partial charge in [-0.1, -0.05) is 44.2 Å². The van der Waals surface area contributed by atoms with Crippen molar-refractivity contribution < 1.29 is 52.4 Å². The number of hydrogen-bond donors (Lipinski definition) is 4. The van der Waals surface area contributed by atoms with Crippen molar-refractivity contribution in [1.82, 2.24) is 20.1 Å². The first-order chi connectivity index (χ1) is 32.5. The molecule has 17 heteroatoms. The van der Waals surface area contributed by atoms with Gasteiger partial charge in [-0.05, 0) is 88.1 Å². The summed E-state index contributed by atoms with van der Waals surface area (Å²) >= 11 is 0. The maximum Gasteiger partial charge on any atom is 0.344 e. The largest absolute Gasteiger partial charge is 0.496 e. The Balaban J connectivity index is 1.34. The Morgan fingerprint density at radius 1 is 0.971 bits per heavy atom. The van der Waals surface area contributed by atoms with Gasteiger partial charge in [-0.3, -0.25) is 24.0 Å². The maximum atomic E-state index is 16.3. The SMILES string of the molecule is CCOP(=O)(CCNC(=O)[C@]1(c2cc3c(cc2OC)N(C)[C@H]2[C@@](O)(C(=O)OC)[C@H](OC(C)=O)[C@]4(CC)C=CCN5CC[C@]32[C@@H]54)C[C@H]2CN(CCc3c1[nH]c1ccccc31)C[C@](O)(CC)C2)OCC. The van der Waals surface area contributed by atoms with Crippen LogP contribution in [0.5, 0.6) is 5.75 Å². The fraction of sp³-hybridized carbons (Fsp3) is 0.627. The first-order valence-corrected chi connectivity index (χ1v) is 26.3. The molecule has 1 aromatic heterocycles. The molecule has 68 heavy (non-hydrogen) atoms. The standard InChI is InChI=1S/C51H70N5O11P/c1-9-47(60)28-33-29-50(45(58)52-21-25-68(62,65-11-3)66-12-4,41-35(18-23-55(30-33)31-47)34-16-13-14-17-38(34)53-41)37-26-36-39(27-40(37)63-7)54(6)43-49(36)20-24-56-22-15-19-48(10-2,42(49)56)44(67-32(5)57)51(43,61)46(59)64-8/h13-17,19,26-27,33,42-44,53,60-61H,9-12,18,20-25,28-31H2,1-8H3,(H,52,58)/t33-,42-,43+,44+,47-,48+,49+,50-,51-/m0/s1. The summed E-state index contributed by atoms with van der Waals surface area (Å²) in [5.74, 6) is -1.64. The fourth-order valence-electron chi connectivity index (χ4n) is 14.4. The second-order valence-corrected chi connectivity index (χ2v) is 22.3. The van der Waals surface area contributed by atoms with E-state index >= 15 is 4.79 Å². The fourth-order valence-corrected chi connectivity index (χ4v) is 15.9. The number of hydrogen-bond acceptors (Lipinski definition) is 14. The van der Waals surface area contributed by atoms with Crippen LogP contribution in [0.25, 0.3) is 10.9 Å². The summed E-state index contributed by atoms with van der Waals surface area (Å²) in [6.07, 6.45) is 5.53. The molecule has 9 rings (SSSR count). The van der Waals surface area contributed by atoms with E-state index in [1.54, 1.807) is 21.0 Å². The third-order valence-corrected chi connectivity index (χ3v) is 18.8. The topological polar surface area (TPSA) is 192 Å². The first-order valence-electron chi connectivity index (χ1n) is 24.6. The monoisotopic (exact) mass is 959 g/mol. The predicted molar refractivity (Wildman–Crippen MR) is 257 cm³/mol. The van der Waals surface area contributed by atoms with Crippen LogP contribution >= 0.6 is 7.60 Å². The number of nitrogens with zero attached hydrogens (tertiary/aromatic N) is 3. The van der Waals surface area contributed by atoms with Crippen LogP contribution in [0.3, 0.4) is 0 Å². The van der Waals surface area contributed by atoms with Gasteiger partial charge in [0.15, 0.2) is 6.10 Å². The number of fused-ring (bicyclic) bond motifs is 6. The Kier molecular flexibility index (Phi) is 12.8. The second kappa shape index (κ2) is 17.8. The van der Waals surface area contributed by atoms with E-state index in [2.05, 4.69) is 32.2 Å². The lowest BCUT2D eigenvalue weighted by molar-refractivity contribution is -0.228. The smallest absolute Gasteiger partial charge is 0.344 e. The van der Waals surface area contributed by atoms with Gasteiger partial charge < -0.3 is 48.7 Å². The second-order valence-electron chi connectivity index (χ2n) is 20.1. The van der Waals surface area contributed by atoms with Gasteiger partial charge in [-0.25, -0.2) is 4.79 Å². The number of anilines is 1. The van der Waals surface area contributed by atoms with Crippen molar-refractivity contribution in [3.63, 3.8) is 0 Å². The van der Waals surface area contributed by atoms with E-state index < -0.39 is 59.1 Å². The predicted octanol–water partition coefficient (Wildman–Crippen LogP) is 5.20. The molecule has 6 aliphatic rings. The van der Waals surface area contributed by atoms with Crippen molar-refractivity contribution in [2.45, 2.75) is 113 Å². The number of nitrogens with one attached hydrogen (secondary N) is 2. The molecule has 2 bridgehead atoms. The number of esters is 2. The Bertz CT molecular complexity index is 2540. The van der Waals surface area contributed by atoms with Gasteiger partial charge >= 0.3 is 19.5 Å². The summed E-state index contributed by atoms with van der Waals surface area (Å²) in [7, 11) is 1.11. The number of likely N-dealkylation sites (N-methyl/N-ethyl adjacent to an activating group) is 1. The molecule has 16 nitrogen and oxygen atoms in total. The highest BCUT2D eigenvalue weighted by molar-refractivity contribution is 7.53. The number of carbonyl (C=O) groups excluding carboxylic acids is 3. The van der Waals surface area contributed by atoms with Crippen LogP contribution in [0, 0.1) is 11.3 Å². The maximum absolute atomic E-state index is 16.3. The Labute approximate surface area is 399 Å². The molecule has 10 atom stereocenters. The highest BCUT2D eigenvalue weighted by Crippen LogP contribution is 2.68. The van der Waals surface area contributed by atoms with Gasteiger partial charge in [0, 0.05) is 97.5 Å². The number of piperidine rings is 1. The molecule has 370 valence electrons. The zero-order valence-electron chi connectivity index (χ0n) is 40.9. The normalized spacial score (nSPS) is 33.9. The highest BCUT2D eigenvalue weighted by atomic mass is 31.2. The number of H-pyrrole nitrogens is 1. The van der Waals surface area contributed by atoms with Crippen molar-refractivity contribution in [3.8, 4) is 5.75 Å². The quantitative estimate of drug-likeness (QED) is 0.0937. The molecule has 1 amide bonds. The van der Waals surface area contributed by atoms with Crippen LogP contribution < -0.4 is 15.0 Å². The number of aliphatic hydroxyl groups is 2. The number of para-hydroxylation sites is 1. The van der Waals surface area contributed by atoms with Crippen molar-refractivity contribution >= 4 is 42.0 Å². The van der Waals surface area contributed by atoms with Crippen LogP contribution in [-0.4, -0.2) is 152 Å². The number of benzene rings is 2. The molecule has 1 saturated carbocycles. The van der Waals surface area contributed by atoms with Crippen LogP contribution in [0.15, 0.2) is 48.6 Å². The molecule has 5 aliphatic heterocycles. The van der Waals surface area contributed by atoms with Gasteiger partial charge in [-0.2, -0.15) is 0 Å². The molecule has 4 N–H and O–H groups in total. The van der Waals surface area contributed by atoms with Crippen LogP contribution in [0.1, 0.15) is 89.1 Å². The van der Waals surface area contributed by atoms with E-state index in [-0.39, 0.29) is 50.2 Å². The average Bonchev–Trinajstić information content (AvgIpc) is 3.98. The van der Waals surface area contributed by atoms with Gasteiger partial charge in [0.2, 0.25) is 11.5 Å². The van der Waals surface area contributed by atoms with E-state index in [9.17, 15) is 24.4 Å². The number of rotatable bonds is 14. The molecule has 2 aromatic carbocycles. The molecule has 1 aliphatic carbocycles. The number of amides is 1. The molecular weight excluding hydrogens is 890 g/mol. The summed E-state index contributed by atoms with van der Waals surface area (Å²) in [6.45, 7) is 12.2. The van der Waals surface area contributed by atoms with E-state index in [0.717, 1.165) is 22.0 Å². The summed E-state index contributed by atoms with van der Waals surface area (Å²) in [4.78, 5) is 54.5. The molecule has 2 saturated heterocycles. The Morgan fingerprint density at radius 2 is 1.72 bits per heavy atom.